The lowest BCUT2D eigenvalue weighted by Gasteiger charge is -2.31. The lowest BCUT2D eigenvalue weighted by molar-refractivity contribution is 0.0632. The Morgan fingerprint density at radius 3 is 2.32 bits per heavy atom. The van der Waals surface area contributed by atoms with Crippen LogP contribution in [0.3, 0.4) is 0 Å². The summed E-state index contributed by atoms with van der Waals surface area (Å²) >= 11 is 18.5. The Bertz CT molecular complexity index is 367. The van der Waals surface area contributed by atoms with Crippen LogP contribution in [0.2, 0.25) is 5.02 Å². The van der Waals surface area contributed by atoms with Crippen molar-refractivity contribution < 1.29 is 9.47 Å². The van der Waals surface area contributed by atoms with Gasteiger partial charge in [-0.1, -0.05) is 29.8 Å². The summed E-state index contributed by atoms with van der Waals surface area (Å²) < 4.78 is 10.4. The second kappa shape index (κ2) is 9.04. The minimum absolute atomic E-state index is 0.353. The molecule has 0 amide bonds. The fraction of sp³-hybridized carbons (Fsp3) is 0.571. The molecule has 0 saturated carbocycles. The van der Waals surface area contributed by atoms with Crippen LogP contribution in [0, 0.1) is 0 Å². The highest BCUT2D eigenvalue weighted by molar-refractivity contribution is 6.32. The molecule has 0 aliphatic carbocycles. The standard InChI is InChI=1S/C14H19Cl3O2/c1-18-8-9-19-7-6-14(10-15,11-16)12-4-2-3-5-13(12)17/h2-5H,6-11H2,1H3. The summed E-state index contributed by atoms with van der Waals surface area (Å²) in [6, 6.07) is 7.67. The van der Waals surface area contributed by atoms with Crippen LogP contribution >= 0.6 is 34.8 Å². The first-order valence-corrected chi connectivity index (χ1v) is 7.58. The Kier molecular flexibility index (Phi) is 8.12. The predicted octanol–water partition coefficient (Wildman–Crippen LogP) is 4.11. The third-order valence-corrected chi connectivity index (χ3v) is 4.47. The highest BCUT2D eigenvalue weighted by atomic mass is 35.5. The summed E-state index contributed by atoms with van der Waals surface area (Å²) in [5, 5.41) is 0.695. The monoisotopic (exact) mass is 324 g/mol. The zero-order valence-corrected chi connectivity index (χ0v) is 13.3. The minimum atomic E-state index is -0.353. The molecular formula is C14H19Cl3O2. The molecule has 0 spiro atoms. The van der Waals surface area contributed by atoms with Gasteiger partial charge in [0.15, 0.2) is 0 Å². The van der Waals surface area contributed by atoms with Gasteiger partial charge in [-0.05, 0) is 18.1 Å². The first-order chi connectivity index (χ1) is 9.20. The van der Waals surface area contributed by atoms with Gasteiger partial charge in [0.2, 0.25) is 0 Å². The van der Waals surface area contributed by atoms with E-state index in [9.17, 15) is 0 Å². The smallest absolute Gasteiger partial charge is 0.0700 e. The SMILES string of the molecule is COCCOCCC(CCl)(CCl)c1ccccc1Cl. The molecule has 0 heterocycles. The van der Waals surface area contributed by atoms with Crippen molar-refractivity contribution in [1.82, 2.24) is 0 Å². The number of hydrogen-bond donors (Lipinski definition) is 0. The summed E-state index contributed by atoms with van der Waals surface area (Å²) in [7, 11) is 1.65. The van der Waals surface area contributed by atoms with Gasteiger partial charge in [-0.3, -0.25) is 0 Å². The van der Waals surface area contributed by atoms with E-state index in [2.05, 4.69) is 0 Å². The van der Waals surface area contributed by atoms with Gasteiger partial charge < -0.3 is 9.47 Å². The van der Waals surface area contributed by atoms with Crippen LogP contribution < -0.4 is 0 Å². The molecule has 19 heavy (non-hydrogen) atoms. The highest BCUT2D eigenvalue weighted by Gasteiger charge is 2.32. The molecule has 2 nitrogen and oxygen atoms in total. The number of alkyl halides is 2. The molecule has 0 unspecified atom stereocenters. The molecule has 1 rings (SSSR count). The third kappa shape index (κ3) is 4.80. The van der Waals surface area contributed by atoms with Gasteiger partial charge in [-0.15, -0.1) is 23.2 Å². The Hall–Kier alpha value is 0.01000. The van der Waals surface area contributed by atoms with Crippen LogP contribution in [-0.2, 0) is 14.9 Å². The molecule has 0 saturated heterocycles. The Balaban J connectivity index is 2.71. The third-order valence-electron chi connectivity index (χ3n) is 3.11. The van der Waals surface area contributed by atoms with Gasteiger partial charge in [0, 0.05) is 35.9 Å². The van der Waals surface area contributed by atoms with Crippen molar-refractivity contribution in [3.8, 4) is 0 Å². The van der Waals surface area contributed by atoms with E-state index in [1.165, 1.54) is 0 Å². The quantitative estimate of drug-likeness (QED) is 0.502. The molecule has 0 radical (unpaired) electrons. The molecule has 1 aromatic carbocycles. The van der Waals surface area contributed by atoms with Gasteiger partial charge in [0.25, 0.3) is 0 Å². The van der Waals surface area contributed by atoms with Crippen LogP contribution in [-0.4, -0.2) is 38.7 Å². The van der Waals surface area contributed by atoms with E-state index in [1.54, 1.807) is 7.11 Å². The van der Waals surface area contributed by atoms with Crippen molar-refractivity contribution in [2.75, 3.05) is 38.7 Å². The number of ether oxygens (including phenoxy) is 2. The van der Waals surface area contributed by atoms with E-state index >= 15 is 0 Å². The Morgan fingerprint density at radius 2 is 1.74 bits per heavy atom. The van der Waals surface area contributed by atoms with E-state index in [0.29, 0.717) is 36.6 Å². The van der Waals surface area contributed by atoms with Crippen LogP contribution in [0.5, 0.6) is 0 Å². The zero-order chi connectivity index (χ0) is 14.1. The van der Waals surface area contributed by atoms with Gasteiger partial charge in [-0.2, -0.15) is 0 Å². The average molecular weight is 326 g/mol. The molecular weight excluding hydrogens is 307 g/mol. The number of halogens is 3. The second-order valence-corrected chi connectivity index (χ2v) is 5.32. The molecule has 1 aromatic rings. The van der Waals surface area contributed by atoms with Crippen LogP contribution in [0.15, 0.2) is 24.3 Å². The molecule has 0 atom stereocenters. The first-order valence-electron chi connectivity index (χ1n) is 6.14. The van der Waals surface area contributed by atoms with Crippen LogP contribution in [0.4, 0.5) is 0 Å². The van der Waals surface area contributed by atoms with Gasteiger partial charge in [-0.25, -0.2) is 0 Å². The fourth-order valence-corrected chi connectivity index (χ4v) is 3.03. The summed E-state index contributed by atoms with van der Waals surface area (Å²) in [6.07, 6.45) is 0.730. The first kappa shape index (κ1) is 17.1. The maximum absolute atomic E-state index is 6.25. The van der Waals surface area contributed by atoms with Crippen molar-refractivity contribution in [3.05, 3.63) is 34.9 Å². The average Bonchev–Trinajstić information content (AvgIpc) is 2.44. The number of benzene rings is 1. The zero-order valence-electron chi connectivity index (χ0n) is 11.0. The lowest BCUT2D eigenvalue weighted by Crippen LogP contribution is -2.32. The molecule has 0 N–H and O–H groups in total. The molecule has 0 aliphatic heterocycles. The fourth-order valence-electron chi connectivity index (χ4n) is 1.85. The molecule has 0 aliphatic rings. The highest BCUT2D eigenvalue weighted by Crippen LogP contribution is 2.35. The Morgan fingerprint density at radius 1 is 1.05 bits per heavy atom. The van der Waals surface area contributed by atoms with Crippen molar-refractivity contribution >= 4 is 34.8 Å². The number of methoxy groups -OCH3 is 1. The summed E-state index contributed by atoms with van der Waals surface area (Å²) in [6.45, 7) is 1.73. The lowest BCUT2D eigenvalue weighted by atomic mass is 9.81. The van der Waals surface area contributed by atoms with Gasteiger partial charge in [0.1, 0.15) is 0 Å². The van der Waals surface area contributed by atoms with Crippen LogP contribution in [0.1, 0.15) is 12.0 Å². The number of rotatable bonds is 9. The maximum Gasteiger partial charge on any atom is 0.0700 e. The molecule has 108 valence electrons. The van der Waals surface area contributed by atoms with E-state index in [0.717, 1.165) is 12.0 Å². The molecule has 0 bridgehead atoms. The normalized spacial score (nSPS) is 11.8. The van der Waals surface area contributed by atoms with Crippen molar-refractivity contribution in [3.63, 3.8) is 0 Å². The molecule has 0 aromatic heterocycles. The van der Waals surface area contributed by atoms with Gasteiger partial charge >= 0.3 is 0 Å². The van der Waals surface area contributed by atoms with E-state index in [4.69, 9.17) is 44.3 Å². The summed E-state index contributed by atoms with van der Waals surface area (Å²) in [5.74, 6) is 0.821. The molecule has 0 fully saturated rings. The minimum Gasteiger partial charge on any atom is -0.382 e. The van der Waals surface area contributed by atoms with Crippen molar-refractivity contribution in [1.29, 1.82) is 0 Å². The van der Waals surface area contributed by atoms with Gasteiger partial charge in [0.05, 0.1) is 13.2 Å². The summed E-state index contributed by atoms with van der Waals surface area (Å²) in [4.78, 5) is 0. The van der Waals surface area contributed by atoms with E-state index in [1.807, 2.05) is 24.3 Å². The van der Waals surface area contributed by atoms with E-state index < -0.39 is 0 Å². The molecule has 5 heteroatoms. The predicted molar refractivity (Wildman–Crippen MR) is 81.9 cm³/mol. The Labute approximate surface area is 129 Å². The summed E-state index contributed by atoms with van der Waals surface area (Å²) in [5.41, 5.74) is 0.631. The largest absolute Gasteiger partial charge is 0.382 e. The number of hydrogen-bond acceptors (Lipinski definition) is 2. The van der Waals surface area contributed by atoms with Crippen molar-refractivity contribution in [2.45, 2.75) is 11.8 Å². The van der Waals surface area contributed by atoms with Crippen molar-refractivity contribution in [2.24, 2.45) is 0 Å². The second-order valence-electron chi connectivity index (χ2n) is 4.38. The van der Waals surface area contributed by atoms with E-state index in [-0.39, 0.29) is 5.41 Å². The topological polar surface area (TPSA) is 18.5 Å². The maximum atomic E-state index is 6.25. The van der Waals surface area contributed by atoms with Crippen LogP contribution in [0.25, 0.3) is 0 Å².